The first-order valence-corrected chi connectivity index (χ1v) is 11.0. The third-order valence-corrected chi connectivity index (χ3v) is 6.18. The molecule has 0 saturated carbocycles. The summed E-state index contributed by atoms with van der Waals surface area (Å²) in [5.41, 5.74) is 0.365. The van der Waals surface area contributed by atoms with Crippen molar-refractivity contribution in [1.29, 1.82) is 0 Å². The van der Waals surface area contributed by atoms with E-state index < -0.39 is 39.7 Å². The van der Waals surface area contributed by atoms with Crippen LogP contribution in [0, 0.1) is 15.9 Å². The average molecular weight is 483 g/mol. The van der Waals surface area contributed by atoms with Gasteiger partial charge in [0, 0.05) is 6.07 Å². The van der Waals surface area contributed by atoms with Crippen molar-refractivity contribution in [3.05, 3.63) is 100 Å². The molecule has 4 rings (SSSR count). The summed E-state index contributed by atoms with van der Waals surface area (Å²) in [6, 6.07) is 8.31. The number of nitro benzene ring substituents is 1. The van der Waals surface area contributed by atoms with E-state index in [-0.39, 0.29) is 16.7 Å². The summed E-state index contributed by atoms with van der Waals surface area (Å²) in [6.45, 7) is 3.41. The van der Waals surface area contributed by atoms with Crippen molar-refractivity contribution in [3.63, 3.8) is 0 Å². The van der Waals surface area contributed by atoms with Crippen LogP contribution >= 0.6 is 11.3 Å². The number of allylic oxidation sites excluding steroid dienone is 1. The molecule has 1 aliphatic rings. The van der Waals surface area contributed by atoms with Gasteiger partial charge >= 0.3 is 11.7 Å². The summed E-state index contributed by atoms with van der Waals surface area (Å²) in [4.78, 5) is 41.4. The number of fused-ring (bicyclic) bond motifs is 1. The molecule has 2 heterocycles. The predicted molar refractivity (Wildman–Crippen MR) is 122 cm³/mol. The SMILES string of the molecule is CCOC(=O)C1=C(C)N=c2s/c(=C\c3ccc(O)c([N+](=O)[O-])c3)c(=O)n2[C@H]1c1ccc(F)cc1. The lowest BCUT2D eigenvalue weighted by Gasteiger charge is -2.24. The highest BCUT2D eigenvalue weighted by atomic mass is 32.1. The molecule has 1 aromatic heterocycles. The number of carbonyl (C=O) groups excluding carboxylic acids is 1. The van der Waals surface area contributed by atoms with E-state index in [1.165, 1.54) is 47.0 Å². The molecule has 0 bridgehead atoms. The lowest BCUT2D eigenvalue weighted by Crippen LogP contribution is -2.39. The van der Waals surface area contributed by atoms with Crippen LogP contribution in [0.4, 0.5) is 10.1 Å². The highest BCUT2D eigenvalue weighted by Gasteiger charge is 2.33. The molecule has 1 N–H and O–H groups in total. The van der Waals surface area contributed by atoms with Crippen molar-refractivity contribution in [1.82, 2.24) is 4.57 Å². The number of nitrogens with zero attached hydrogens (tertiary/aromatic N) is 3. The van der Waals surface area contributed by atoms with Crippen LogP contribution in [0.3, 0.4) is 0 Å². The molecule has 0 unspecified atom stereocenters. The minimum absolute atomic E-state index is 0.121. The number of nitro groups is 1. The maximum atomic E-state index is 13.6. The van der Waals surface area contributed by atoms with Gasteiger partial charge in [0.05, 0.1) is 33.4 Å². The monoisotopic (exact) mass is 483 g/mol. The Kier molecular flexibility index (Phi) is 6.12. The van der Waals surface area contributed by atoms with Crippen LogP contribution in [0.25, 0.3) is 6.08 Å². The van der Waals surface area contributed by atoms with Gasteiger partial charge in [-0.3, -0.25) is 19.5 Å². The van der Waals surface area contributed by atoms with Crippen LogP contribution in [-0.2, 0) is 9.53 Å². The van der Waals surface area contributed by atoms with Crippen molar-refractivity contribution in [3.8, 4) is 5.75 Å². The summed E-state index contributed by atoms with van der Waals surface area (Å²) in [7, 11) is 0. The third-order valence-electron chi connectivity index (χ3n) is 5.20. The first-order valence-electron chi connectivity index (χ1n) is 10.1. The number of esters is 1. The van der Waals surface area contributed by atoms with E-state index in [1.54, 1.807) is 13.8 Å². The maximum Gasteiger partial charge on any atom is 0.338 e. The zero-order valence-electron chi connectivity index (χ0n) is 18.0. The molecule has 0 amide bonds. The number of carbonyl (C=O) groups is 1. The molecule has 2 aromatic carbocycles. The van der Waals surface area contributed by atoms with Gasteiger partial charge in [-0.2, -0.15) is 0 Å². The zero-order chi connectivity index (χ0) is 24.6. The standard InChI is InChI=1S/C23H18FN3O6S/c1-3-33-22(30)19-12(2)25-23-26(20(19)14-5-7-15(24)8-6-14)21(29)18(34-23)11-13-4-9-17(28)16(10-13)27(31)32/h4-11,20,28H,3H2,1-2H3/b18-11-/t20-/m0/s1. The van der Waals surface area contributed by atoms with Crippen molar-refractivity contribution >= 4 is 29.1 Å². The Morgan fingerprint density at radius 3 is 2.68 bits per heavy atom. The lowest BCUT2D eigenvalue weighted by molar-refractivity contribution is -0.385. The molecule has 0 radical (unpaired) electrons. The summed E-state index contributed by atoms with van der Waals surface area (Å²) >= 11 is 1.04. The van der Waals surface area contributed by atoms with Crippen LogP contribution in [0.1, 0.15) is 31.0 Å². The molecule has 1 aliphatic heterocycles. The van der Waals surface area contributed by atoms with Crippen LogP contribution in [0.15, 0.2) is 63.5 Å². The molecule has 11 heteroatoms. The minimum Gasteiger partial charge on any atom is -0.502 e. The molecule has 0 spiro atoms. The van der Waals surface area contributed by atoms with E-state index in [1.807, 2.05) is 0 Å². The van der Waals surface area contributed by atoms with E-state index in [4.69, 9.17) is 4.74 Å². The number of benzene rings is 2. The number of phenolic OH excluding ortho intramolecular Hbond substituents is 1. The molecule has 0 saturated heterocycles. The van der Waals surface area contributed by atoms with Crippen molar-refractivity contribution in [2.45, 2.75) is 19.9 Å². The number of rotatable bonds is 5. The van der Waals surface area contributed by atoms with Gasteiger partial charge in [-0.05, 0) is 49.2 Å². The fraction of sp³-hybridized carbons (Fsp3) is 0.174. The maximum absolute atomic E-state index is 13.6. The number of ether oxygens (including phenoxy) is 1. The average Bonchev–Trinajstić information content (AvgIpc) is 3.09. The van der Waals surface area contributed by atoms with Crippen LogP contribution in [0.2, 0.25) is 0 Å². The molecule has 1 atom stereocenters. The van der Waals surface area contributed by atoms with E-state index in [2.05, 4.69) is 4.99 Å². The fourth-order valence-corrected chi connectivity index (χ4v) is 4.73. The van der Waals surface area contributed by atoms with E-state index in [9.17, 15) is 29.2 Å². The topological polar surface area (TPSA) is 124 Å². The summed E-state index contributed by atoms with van der Waals surface area (Å²) in [6.07, 6.45) is 1.45. The largest absolute Gasteiger partial charge is 0.502 e. The number of hydrogen-bond donors (Lipinski definition) is 1. The summed E-state index contributed by atoms with van der Waals surface area (Å²) in [5.74, 6) is -1.60. The van der Waals surface area contributed by atoms with Gasteiger partial charge in [0.15, 0.2) is 10.6 Å². The molecule has 0 aliphatic carbocycles. The first kappa shape index (κ1) is 23.1. The minimum atomic E-state index is -0.896. The Morgan fingerprint density at radius 1 is 1.32 bits per heavy atom. The van der Waals surface area contributed by atoms with Gasteiger partial charge in [0.1, 0.15) is 5.82 Å². The Labute approximate surface area is 195 Å². The molecular formula is C23H18FN3O6S. The second kappa shape index (κ2) is 9.02. The van der Waals surface area contributed by atoms with E-state index in [0.29, 0.717) is 21.6 Å². The molecule has 9 nitrogen and oxygen atoms in total. The Morgan fingerprint density at radius 2 is 2.03 bits per heavy atom. The van der Waals surface area contributed by atoms with Gasteiger partial charge in [0.2, 0.25) is 0 Å². The third kappa shape index (κ3) is 4.13. The first-order chi connectivity index (χ1) is 16.2. The van der Waals surface area contributed by atoms with Crippen LogP contribution in [0.5, 0.6) is 5.75 Å². The van der Waals surface area contributed by atoms with Crippen molar-refractivity contribution < 1.29 is 24.0 Å². The Hall–Kier alpha value is -4.12. The highest BCUT2D eigenvalue weighted by molar-refractivity contribution is 7.07. The van der Waals surface area contributed by atoms with Crippen LogP contribution in [-0.4, -0.2) is 27.2 Å². The number of hydrogen-bond acceptors (Lipinski definition) is 8. The number of aromatic hydroxyl groups is 1. The smallest absolute Gasteiger partial charge is 0.338 e. The summed E-state index contributed by atoms with van der Waals surface area (Å²) < 4.78 is 20.3. The van der Waals surface area contributed by atoms with Crippen molar-refractivity contribution in [2.24, 2.45) is 4.99 Å². The molecule has 34 heavy (non-hydrogen) atoms. The van der Waals surface area contributed by atoms with Gasteiger partial charge in [0.25, 0.3) is 5.56 Å². The number of aromatic nitrogens is 1. The van der Waals surface area contributed by atoms with E-state index >= 15 is 0 Å². The van der Waals surface area contributed by atoms with Gasteiger partial charge in [-0.25, -0.2) is 14.2 Å². The second-order valence-corrected chi connectivity index (χ2v) is 8.37. The second-order valence-electron chi connectivity index (χ2n) is 7.36. The van der Waals surface area contributed by atoms with Gasteiger partial charge in [-0.1, -0.05) is 29.5 Å². The summed E-state index contributed by atoms with van der Waals surface area (Å²) in [5, 5.41) is 20.8. The van der Waals surface area contributed by atoms with Crippen LogP contribution < -0.4 is 14.9 Å². The molecule has 174 valence electrons. The quantitative estimate of drug-likeness (QED) is 0.338. The van der Waals surface area contributed by atoms with Gasteiger partial charge < -0.3 is 9.84 Å². The molecule has 3 aromatic rings. The predicted octanol–water partition coefficient (Wildman–Crippen LogP) is 2.55. The van der Waals surface area contributed by atoms with Crippen molar-refractivity contribution in [2.75, 3.05) is 6.61 Å². The van der Waals surface area contributed by atoms with Gasteiger partial charge in [-0.15, -0.1) is 0 Å². The molecule has 0 fully saturated rings. The number of halogens is 1. The molecular weight excluding hydrogens is 465 g/mol. The lowest BCUT2D eigenvalue weighted by atomic mass is 9.96. The fourth-order valence-electron chi connectivity index (χ4n) is 3.68. The number of phenols is 1. The zero-order valence-corrected chi connectivity index (χ0v) is 18.8. The van der Waals surface area contributed by atoms with E-state index in [0.717, 1.165) is 17.4 Å². The Bertz CT molecular complexity index is 1520. The Balaban J connectivity index is 1.94. The normalized spacial score (nSPS) is 15.6. The highest BCUT2D eigenvalue weighted by Crippen LogP contribution is 2.31. The number of thiazole rings is 1.